The van der Waals surface area contributed by atoms with Crippen LogP contribution in [0.15, 0.2) is 59.7 Å². The molecule has 0 radical (unpaired) electrons. The highest BCUT2D eigenvalue weighted by Crippen LogP contribution is 2.54. The van der Waals surface area contributed by atoms with Gasteiger partial charge in [0.05, 0.1) is 0 Å². The molecule has 2 unspecified atom stereocenters. The number of fused-ring (bicyclic) bond motifs is 4. The first-order chi connectivity index (χ1) is 13.9. The summed E-state index contributed by atoms with van der Waals surface area (Å²) in [5.74, 6) is 1.37. The Morgan fingerprint density at radius 1 is 0.536 bits per heavy atom. The Morgan fingerprint density at radius 2 is 0.964 bits per heavy atom. The minimum atomic E-state index is 0.687. The van der Waals surface area contributed by atoms with E-state index in [0.29, 0.717) is 11.8 Å². The summed E-state index contributed by atoms with van der Waals surface area (Å²) in [5.41, 5.74) is 13.5. The highest BCUT2D eigenvalue weighted by molar-refractivity contribution is 5.80. The van der Waals surface area contributed by atoms with Crippen molar-refractivity contribution in [3.05, 3.63) is 81.9 Å². The lowest BCUT2D eigenvalue weighted by Crippen LogP contribution is -2.07. The first kappa shape index (κ1) is 16.8. The maximum atomic E-state index is 2.42. The highest BCUT2D eigenvalue weighted by Gasteiger charge is 2.35. The average molecular weight is 367 g/mol. The molecule has 4 aliphatic carbocycles. The molecule has 4 aliphatic rings. The van der Waals surface area contributed by atoms with Gasteiger partial charge < -0.3 is 0 Å². The molecule has 0 N–H and O–H groups in total. The van der Waals surface area contributed by atoms with Gasteiger partial charge in [0, 0.05) is 11.8 Å². The van der Waals surface area contributed by atoms with Crippen molar-refractivity contribution in [3.8, 4) is 0 Å². The molecule has 0 nitrogen and oxygen atoms in total. The first-order valence-electron chi connectivity index (χ1n) is 11.5. The zero-order valence-corrected chi connectivity index (χ0v) is 16.8. The Kier molecular flexibility index (Phi) is 4.07. The van der Waals surface area contributed by atoms with Crippen molar-refractivity contribution >= 4 is 11.1 Å². The van der Waals surface area contributed by atoms with Crippen LogP contribution in [0.4, 0.5) is 0 Å². The van der Waals surface area contributed by atoms with Crippen molar-refractivity contribution in [1.29, 1.82) is 0 Å². The summed E-state index contributed by atoms with van der Waals surface area (Å²) in [5, 5.41) is 0. The predicted octanol–water partition coefficient (Wildman–Crippen LogP) is 8.02. The Balaban J connectivity index is 1.33. The largest absolute Gasteiger partial charge is 0.0619 e. The Bertz CT molecular complexity index is 905. The summed E-state index contributed by atoms with van der Waals surface area (Å²) < 4.78 is 0. The zero-order chi connectivity index (χ0) is 18.5. The lowest BCUT2D eigenvalue weighted by molar-refractivity contribution is 0.565. The van der Waals surface area contributed by atoms with Crippen LogP contribution in [0, 0.1) is 0 Å². The lowest BCUT2D eigenvalue weighted by Gasteiger charge is -2.24. The molecule has 0 fully saturated rings. The van der Waals surface area contributed by atoms with Crippen LogP contribution in [0.1, 0.15) is 98.3 Å². The van der Waals surface area contributed by atoms with Gasteiger partial charge in [-0.15, -0.1) is 0 Å². The van der Waals surface area contributed by atoms with Crippen LogP contribution in [-0.4, -0.2) is 0 Å². The van der Waals surface area contributed by atoms with Gasteiger partial charge in [0.25, 0.3) is 0 Å². The summed E-state index contributed by atoms with van der Waals surface area (Å²) in [7, 11) is 0. The molecule has 2 atom stereocenters. The van der Waals surface area contributed by atoms with Crippen LogP contribution in [0.3, 0.4) is 0 Å². The minimum Gasteiger partial charge on any atom is -0.0619 e. The molecular weight excluding hydrogens is 336 g/mol. The van der Waals surface area contributed by atoms with Gasteiger partial charge in [-0.25, -0.2) is 0 Å². The second kappa shape index (κ2) is 6.76. The second-order valence-corrected chi connectivity index (χ2v) is 9.28. The topological polar surface area (TPSA) is 0 Å². The van der Waals surface area contributed by atoms with Crippen LogP contribution < -0.4 is 0 Å². The van der Waals surface area contributed by atoms with E-state index in [1.165, 1.54) is 64.2 Å². The normalized spacial score (nSPS) is 25.4. The van der Waals surface area contributed by atoms with Crippen LogP contribution >= 0.6 is 0 Å². The van der Waals surface area contributed by atoms with Crippen molar-refractivity contribution in [2.75, 3.05) is 0 Å². The molecule has 0 heterocycles. The molecule has 0 saturated heterocycles. The van der Waals surface area contributed by atoms with Gasteiger partial charge in [0.15, 0.2) is 0 Å². The molecule has 0 heteroatoms. The molecule has 0 saturated carbocycles. The van der Waals surface area contributed by atoms with Gasteiger partial charge in [0.1, 0.15) is 0 Å². The molecule has 0 aromatic heterocycles. The lowest BCUT2D eigenvalue weighted by atomic mass is 9.80. The smallest absolute Gasteiger partial charge is 0.00605 e. The fourth-order valence-electron chi connectivity index (χ4n) is 6.76. The van der Waals surface area contributed by atoms with E-state index in [9.17, 15) is 0 Å². The van der Waals surface area contributed by atoms with Crippen molar-refractivity contribution in [2.45, 2.75) is 76.0 Å². The summed E-state index contributed by atoms with van der Waals surface area (Å²) in [6.07, 6.45) is 13.5. The van der Waals surface area contributed by atoms with E-state index in [4.69, 9.17) is 0 Å². The van der Waals surface area contributed by atoms with Crippen molar-refractivity contribution < 1.29 is 0 Å². The van der Waals surface area contributed by atoms with Gasteiger partial charge in [0.2, 0.25) is 0 Å². The third-order valence-electron chi connectivity index (χ3n) is 7.93. The first-order valence-corrected chi connectivity index (χ1v) is 11.5. The molecule has 0 amide bonds. The van der Waals surface area contributed by atoms with Crippen LogP contribution in [0.2, 0.25) is 0 Å². The second-order valence-electron chi connectivity index (χ2n) is 9.28. The Morgan fingerprint density at radius 3 is 1.46 bits per heavy atom. The monoisotopic (exact) mass is 366 g/mol. The van der Waals surface area contributed by atoms with Gasteiger partial charge in [-0.3, -0.25) is 0 Å². The Hall–Kier alpha value is -2.08. The van der Waals surface area contributed by atoms with Crippen LogP contribution in [0.5, 0.6) is 0 Å². The molecule has 0 bridgehead atoms. The number of allylic oxidation sites excluding steroid dienone is 4. The number of rotatable bonds is 3. The molecule has 0 spiro atoms. The fourth-order valence-corrected chi connectivity index (χ4v) is 6.76. The van der Waals surface area contributed by atoms with Crippen molar-refractivity contribution in [2.24, 2.45) is 0 Å². The van der Waals surface area contributed by atoms with Gasteiger partial charge in [-0.1, -0.05) is 59.7 Å². The predicted molar refractivity (Wildman–Crippen MR) is 118 cm³/mol. The van der Waals surface area contributed by atoms with Crippen molar-refractivity contribution in [3.63, 3.8) is 0 Å². The van der Waals surface area contributed by atoms with E-state index in [1.807, 2.05) is 0 Å². The highest BCUT2D eigenvalue weighted by atomic mass is 14.4. The number of benzene rings is 2. The average Bonchev–Trinajstić information content (AvgIpc) is 3.26. The van der Waals surface area contributed by atoms with E-state index >= 15 is 0 Å². The number of hydrogen-bond donors (Lipinski definition) is 0. The minimum absolute atomic E-state index is 0.687. The van der Waals surface area contributed by atoms with E-state index < -0.39 is 0 Å². The molecule has 142 valence electrons. The van der Waals surface area contributed by atoms with E-state index in [0.717, 1.165) is 0 Å². The van der Waals surface area contributed by atoms with Crippen molar-refractivity contribution in [1.82, 2.24) is 0 Å². The molecule has 2 aromatic rings. The third kappa shape index (κ3) is 2.50. The van der Waals surface area contributed by atoms with Gasteiger partial charge in [-0.2, -0.15) is 0 Å². The van der Waals surface area contributed by atoms with E-state index in [2.05, 4.69) is 48.5 Å². The summed E-state index contributed by atoms with van der Waals surface area (Å²) in [6.45, 7) is 0. The van der Waals surface area contributed by atoms with Crippen LogP contribution in [0.25, 0.3) is 11.1 Å². The quantitative estimate of drug-likeness (QED) is 0.516. The zero-order valence-electron chi connectivity index (χ0n) is 16.8. The molecule has 0 aliphatic heterocycles. The number of hydrogen-bond acceptors (Lipinski definition) is 0. The van der Waals surface area contributed by atoms with Gasteiger partial charge in [-0.05, 0) is 97.6 Å². The van der Waals surface area contributed by atoms with E-state index in [1.54, 1.807) is 44.5 Å². The maximum Gasteiger partial charge on any atom is 0.00605 e. The summed E-state index contributed by atoms with van der Waals surface area (Å²) >= 11 is 0. The molecule has 2 aromatic carbocycles. The summed E-state index contributed by atoms with van der Waals surface area (Å²) in [6, 6.07) is 18.6. The van der Waals surface area contributed by atoms with E-state index in [-0.39, 0.29) is 0 Å². The molecule has 28 heavy (non-hydrogen) atoms. The third-order valence-corrected chi connectivity index (χ3v) is 7.93. The standard InChI is InChI=1S/C28H30/c1-5-13-23-19(9-1)20-10-2-6-14-24(20)27(23)17-18-28-25-15-7-3-11-21(25)22-12-4-8-16-26(22)28/h1,3,5,7,9,11,13,15,27-28H,2,4,6,8,10,12,14,16-18H2. The Labute approximate surface area is 169 Å². The molecule has 6 rings (SSSR count). The summed E-state index contributed by atoms with van der Waals surface area (Å²) in [4.78, 5) is 0. The SMILES string of the molecule is c1ccc2c(c1)C1=C(CCCC1)C2CCC1C2=C(CCCC2)c2ccccc21. The molecular formula is C28H30. The fraction of sp³-hybridized carbons (Fsp3) is 0.429. The van der Waals surface area contributed by atoms with Crippen LogP contribution in [-0.2, 0) is 0 Å². The van der Waals surface area contributed by atoms with Gasteiger partial charge >= 0.3 is 0 Å². The maximum absolute atomic E-state index is 2.42.